The third kappa shape index (κ3) is 4.16. The lowest BCUT2D eigenvalue weighted by molar-refractivity contribution is -0.144. The van der Waals surface area contributed by atoms with E-state index in [0.29, 0.717) is 12.2 Å². The zero-order chi connectivity index (χ0) is 18.5. The second-order valence-electron chi connectivity index (χ2n) is 7.07. The molecule has 2 aromatic rings. The van der Waals surface area contributed by atoms with Crippen LogP contribution in [-0.2, 0) is 11.2 Å². The van der Waals surface area contributed by atoms with Crippen LogP contribution in [0.1, 0.15) is 43.1 Å². The van der Waals surface area contributed by atoms with Crippen LogP contribution in [0.3, 0.4) is 0 Å². The van der Waals surface area contributed by atoms with E-state index in [9.17, 15) is 9.90 Å². The molecule has 1 aromatic heterocycles. The van der Waals surface area contributed by atoms with Gasteiger partial charge in [0.2, 0.25) is 0 Å². The highest BCUT2D eigenvalue weighted by Gasteiger charge is 2.34. The topological polar surface area (TPSA) is 104 Å². The summed E-state index contributed by atoms with van der Waals surface area (Å²) in [6, 6.07) is 8.38. The molecule has 2 unspecified atom stereocenters. The van der Waals surface area contributed by atoms with Crippen molar-refractivity contribution >= 4 is 11.5 Å². The number of aliphatic carboxylic acids is 1. The van der Waals surface area contributed by atoms with E-state index in [1.807, 2.05) is 13.8 Å². The van der Waals surface area contributed by atoms with E-state index >= 15 is 0 Å². The van der Waals surface area contributed by atoms with Crippen molar-refractivity contribution in [3.05, 3.63) is 47.3 Å². The van der Waals surface area contributed by atoms with Crippen LogP contribution in [0.15, 0.2) is 30.3 Å². The number of hydrogen-bond donors (Lipinski definition) is 3. The Kier molecular flexibility index (Phi) is 5.78. The summed E-state index contributed by atoms with van der Waals surface area (Å²) in [4.78, 5) is 11.8. The van der Waals surface area contributed by atoms with Gasteiger partial charge in [-0.05, 0) is 42.0 Å². The van der Waals surface area contributed by atoms with E-state index in [1.54, 1.807) is 0 Å². The lowest BCUT2D eigenvalue weighted by Crippen LogP contribution is -2.29. The highest BCUT2D eigenvalue weighted by atomic mass is 16.4. The van der Waals surface area contributed by atoms with E-state index in [0.717, 1.165) is 25.1 Å². The monoisotopic (exact) mass is 355 g/mol. The van der Waals surface area contributed by atoms with Gasteiger partial charge in [0.25, 0.3) is 0 Å². The molecular formula is C19H25N5O2. The first-order valence-electron chi connectivity index (χ1n) is 9.01. The number of carboxylic acids is 1. The quantitative estimate of drug-likeness (QED) is 0.704. The Morgan fingerprint density at radius 2 is 2.04 bits per heavy atom. The van der Waals surface area contributed by atoms with Crippen LogP contribution in [0, 0.1) is 11.8 Å². The number of aromatic amines is 1. The summed E-state index contributed by atoms with van der Waals surface area (Å²) in [5, 5.41) is 27.2. The van der Waals surface area contributed by atoms with E-state index in [-0.39, 0.29) is 11.8 Å². The van der Waals surface area contributed by atoms with Crippen molar-refractivity contribution in [3.63, 3.8) is 0 Å². The van der Waals surface area contributed by atoms with Crippen LogP contribution in [0.4, 0.5) is 0 Å². The molecule has 1 aliphatic heterocycles. The van der Waals surface area contributed by atoms with Crippen molar-refractivity contribution in [2.45, 2.75) is 32.6 Å². The predicted molar refractivity (Wildman–Crippen MR) is 98.5 cm³/mol. The van der Waals surface area contributed by atoms with Crippen molar-refractivity contribution in [2.24, 2.45) is 11.8 Å². The fourth-order valence-electron chi connectivity index (χ4n) is 3.62. The van der Waals surface area contributed by atoms with Crippen LogP contribution in [-0.4, -0.2) is 44.8 Å². The first-order valence-corrected chi connectivity index (χ1v) is 9.01. The van der Waals surface area contributed by atoms with Gasteiger partial charge in [-0.15, -0.1) is 10.2 Å². The zero-order valence-electron chi connectivity index (χ0n) is 15.1. The van der Waals surface area contributed by atoms with Crippen molar-refractivity contribution < 1.29 is 9.90 Å². The van der Waals surface area contributed by atoms with Crippen molar-refractivity contribution in [2.75, 3.05) is 13.1 Å². The molecule has 3 N–H and O–H groups in total. The van der Waals surface area contributed by atoms with Gasteiger partial charge in [-0.25, -0.2) is 0 Å². The Balaban J connectivity index is 1.82. The molecule has 26 heavy (non-hydrogen) atoms. The Bertz CT molecular complexity index is 753. The number of aromatic nitrogens is 4. The maximum Gasteiger partial charge on any atom is 0.307 e. The molecule has 0 saturated carbocycles. The molecule has 0 spiro atoms. The standard InChI is InChI=1S/C19H25N5O2/c1-12(2)17(19(25)26)16(18-21-23-24-22-18)11-13-3-5-14(6-4-13)15-7-9-20-10-8-15/h3-7,12,16-17,20H,8-11H2,1-2H3,(H,25,26)(H,21,22,23,24). The van der Waals surface area contributed by atoms with Crippen molar-refractivity contribution in [3.8, 4) is 0 Å². The van der Waals surface area contributed by atoms with E-state index in [2.05, 4.69) is 56.3 Å². The minimum atomic E-state index is -0.828. The molecule has 0 fully saturated rings. The normalized spacial score (nSPS) is 17.0. The molecule has 1 aromatic carbocycles. The molecule has 2 atom stereocenters. The molecule has 7 heteroatoms. The van der Waals surface area contributed by atoms with Gasteiger partial charge in [0.05, 0.1) is 5.92 Å². The fraction of sp³-hybridized carbons (Fsp3) is 0.474. The zero-order valence-corrected chi connectivity index (χ0v) is 15.1. The molecule has 0 aliphatic carbocycles. The van der Waals surface area contributed by atoms with Gasteiger partial charge < -0.3 is 10.4 Å². The molecule has 7 nitrogen and oxygen atoms in total. The Hall–Kier alpha value is -2.54. The minimum absolute atomic E-state index is 0.0323. The predicted octanol–water partition coefficient (Wildman–Crippen LogP) is 2.26. The molecule has 3 rings (SSSR count). The van der Waals surface area contributed by atoms with E-state index in [1.165, 1.54) is 11.1 Å². The minimum Gasteiger partial charge on any atom is -0.481 e. The number of nitrogens with one attached hydrogen (secondary N) is 2. The third-order valence-electron chi connectivity index (χ3n) is 4.97. The van der Waals surface area contributed by atoms with Crippen LogP contribution in [0.2, 0.25) is 0 Å². The van der Waals surface area contributed by atoms with Crippen LogP contribution >= 0.6 is 0 Å². The number of nitrogens with zero attached hydrogens (tertiary/aromatic N) is 3. The summed E-state index contributed by atoms with van der Waals surface area (Å²) in [5.41, 5.74) is 3.66. The summed E-state index contributed by atoms with van der Waals surface area (Å²) in [5.74, 6) is -1.30. The lowest BCUT2D eigenvalue weighted by Gasteiger charge is -2.24. The van der Waals surface area contributed by atoms with E-state index in [4.69, 9.17) is 0 Å². The van der Waals surface area contributed by atoms with Crippen molar-refractivity contribution in [1.29, 1.82) is 0 Å². The number of H-pyrrole nitrogens is 1. The number of hydrogen-bond acceptors (Lipinski definition) is 5. The molecule has 138 valence electrons. The van der Waals surface area contributed by atoms with Gasteiger partial charge in [-0.3, -0.25) is 4.79 Å². The van der Waals surface area contributed by atoms with Crippen LogP contribution < -0.4 is 5.32 Å². The molecule has 0 bridgehead atoms. The van der Waals surface area contributed by atoms with Gasteiger partial charge >= 0.3 is 5.97 Å². The first kappa shape index (κ1) is 18.3. The smallest absolute Gasteiger partial charge is 0.307 e. The molecule has 0 amide bonds. The van der Waals surface area contributed by atoms with Gasteiger partial charge in [-0.2, -0.15) is 5.21 Å². The molecule has 0 radical (unpaired) electrons. The number of carbonyl (C=O) groups is 1. The average Bonchev–Trinajstić information content (AvgIpc) is 3.16. The fourth-order valence-corrected chi connectivity index (χ4v) is 3.62. The molecule has 2 heterocycles. The van der Waals surface area contributed by atoms with Gasteiger partial charge in [-0.1, -0.05) is 49.4 Å². The van der Waals surface area contributed by atoms with Crippen LogP contribution in [0.5, 0.6) is 0 Å². The maximum atomic E-state index is 11.8. The second-order valence-corrected chi connectivity index (χ2v) is 7.07. The highest BCUT2D eigenvalue weighted by molar-refractivity contribution is 5.71. The first-order chi connectivity index (χ1) is 12.6. The third-order valence-corrected chi connectivity index (χ3v) is 4.97. The maximum absolute atomic E-state index is 11.8. The summed E-state index contributed by atoms with van der Waals surface area (Å²) in [7, 11) is 0. The van der Waals surface area contributed by atoms with Crippen LogP contribution in [0.25, 0.3) is 5.57 Å². The number of benzene rings is 1. The molecule has 1 aliphatic rings. The van der Waals surface area contributed by atoms with Gasteiger partial charge in [0.15, 0.2) is 5.82 Å². The Morgan fingerprint density at radius 1 is 1.27 bits per heavy atom. The lowest BCUT2D eigenvalue weighted by atomic mass is 9.79. The Labute approximate surface area is 152 Å². The van der Waals surface area contributed by atoms with E-state index < -0.39 is 11.9 Å². The van der Waals surface area contributed by atoms with Gasteiger partial charge in [0, 0.05) is 12.5 Å². The number of tetrazole rings is 1. The highest BCUT2D eigenvalue weighted by Crippen LogP contribution is 2.32. The average molecular weight is 355 g/mol. The Morgan fingerprint density at radius 3 is 2.58 bits per heavy atom. The van der Waals surface area contributed by atoms with Gasteiger partial charge in [0.1, 0.15) is 0 Å². The molecular weight excluding hydrogens is 330 g/mol. The largest absolute Gasteiger partial charge is 0.481 e. The number of carboxylic acid groups (broad SMARTS) is 1. The summed E-state index contributed by atoms with van der Waals surface area (Å²) >= 11 is 0. The summed E-state index contributed by atoms with van der Waals surface area (Å²) in [6.07, 6.45) is 3.81. The summed E-state index contributed by atoms with van der Waals surface area (Å²) in [6.45, 7) is 5.74. The summed E-state index contributed by atoms with van der Waals surface area (Å²) < 4.78 is 0. The second kappa shape index (κ2) is 8.23. The SMILES string of the molecule is CC(C)C(C(=O)O)C(Cc1ccc(C2=CCNCC2)cc1)c1nn[nH]n1. The van der Waals surface area contributed by atoms with Crippen molar-refractivity contribution in [1.82, 2.24) is 25.9 Å². The molecule has 0 saturated heterocycles. The number of rotatable bonds is 7.